The van der Waals surface area contributed by atoms with Crippen LogP contribution < -0.4 is 10.0 Å². The normalized spacial score (nSPS) is 11.0. The zero-order valence-electron chi connectivity index (χ0n) is 14.7. The van der Waals surface area contributed by atoms with Crippen molar-refractivity contribution in [2.24, 2.45) is 0 Å². The Labute approximate surface area is 162 Å². The van der Waals surface area contributed by atoms with Crippen molar-refractivity contribution in [1.82, 2.24) is 9.71 Å². The average Bonchev–Trinajstić information content (AvgIpc) is 2.74. The topological polar surface area (TPSA) is 105 Å². The predicted octanol–water partition coefficient (Wildman–Crippen LogP) is 2.50. The second-order valence-electron chi connectivity index (χ2n) is 5.83. The molecule has 0 saturated heterocycles. The Kier molecular flexibility index (Phi) is 5.93. The molecule has 7 nitrogen and oxygen atoms in total. The van der Waals surface area contributed by atoms with Gasteiger partial charge in [0.15, 0.2) is 5.78 Å². The van der Waals surface area contributed by atoms with Crippen LogP contribution in [0.4, 0.5) is 5.69 Å². The molecule has 3 aromatic rings. The van der Waals surface area contributed by atoms with E-state index in [0.29, 0.717) is 16.8 Å². The van der Waals surface area contributed by atoms with Crippen molar-refractivity contribution in [2.75, 3.05) is 11.9 Å². The van der Waals surface area contributed by atoms with Gasteiger partial charge < -0.3 is 5.32 Å². The molecule has 8 heteroatoms. The molecule has 0 atom stereocenters. The molecule has 0 spiro atoms. The van der Waals surface area contributed by atoms with E-state index in [9.17, 15) is 18.0 Å². The summed E-state index contributed by atoms with van der Waals surface area (Å²) < 4.78 is 27.0. The fourth-order valence-corrected chi connectivity index (χ4v) is 3.37. The number of hydrogen-bond acceptors (Lipinski definition) is 5. The second kappa shape index (κ2) is 8.55. The first-order valence-electron chi connectivity index (χ1n) is 8.35. The average molecular weight is 395 g/mol. The van der Waals surface area contributed by atoms with Crippen molar-refractivity contribution < 1.29 is 18.0 Å². The second-order valence-corrected chi connectivity index (χ2v) is 7.60. The van der Waals surface area contributed by atoms with E-state index < -0.39 is 10.0 Å². The van der Waals surface area contributed by atoms with Gasteiger partial charge in [0, 0.05) is 23.6 Å². The maximum absolute atomic E-state index is 12.4. The minimum absolute atomic E-state index is 0.00672. The fraction of sp³-hybridized carbons (Fsp3) is 0.0500. The van der Waals surface area contributed by atoms with E-state index in [0.717, 1.165) is 0 Å². The van der Waals surface area contributed by atoms with Crippen molar-refractivity contribution >= 4 is 27.4 Å². The quantitative estimate of drug-likeness (QED) is 0.598. The molecule has 1 heterocycles. The van der Waals surface area contributed by atoms with Crippen molar-refractivity contribution in [3.05, 3.63) is 90.3 Å². The Hall–Kier alpha value is -3.36. The summed E-state index contributed by atoms with van der Waals surface area (Å²) >= 11 is 0. The molecule has 1 aromatic heterocycles. The molecule has 3 rings (SSSR count). The number of Topliss-reactive ketones (excluding diaryl/α,β-unsaturated/α-hetero) is 1. The summed E-state index contributed by atoms with van der Waals surface area (Å²) in [4.78, 5) is 28.0. The highest BCUT2D eigenvalue weighted by molar-refractivity contribution is 7.89. The summed E-state index contributed by atoms with van der Waals surface area (Å²) in [5.74, 6) is -0.681. The number of nitrogens with zero attached hydrogens (tertiary/aromatic N) is 1. The van der Waals surface area contributed by atoms with E-state index in [4.69, 9.17) is 0 Å². The summed E-state index contributed by atoms with van der Waals surface area (Å²) in [6.07, 6.45) is 2.99. The maximum atomic E-state index is 12.4. The SMILES string of the molecule is O=C(CNS(=O)(=O)c1ccc(NC(=O)c2cccnc2)cc1)c1ccccc1. The van der Waals surface area contributed by atoms with Crippen LogP contribution >= 0.6 is 0 Å². The van der Waals surface area contributed by atoms with Gasteiger partial charge in [0.2, 0.25) is 10.0 Å². The number of anilines is 1. The van der Waals surface area contributed by atoms with Gasteiger partial charge in [-0.15, -0.1) is 0 Å². The highest BCUT2D eigenvalue weighted by atomic mass is 32.2. The molecule has 0 fully saturated rings. The number of amides is 1. The maximum Gasteiger partial charge on any atom is 0.257 e. The zero-order valence-corrected chi connectivity index (χ0v) is 15.5. The molecule has 2 N–H and O–H groups in total. The number of benzene rings is 2. The van der Waals surface area contributed by atoms with Crippen LogP contribution in [0.25, 0.3) is 0 Å². The van der Waals surface area contributed by atoms with Crippen LogP contribution in [0.5, 0.6) is 0 Å². The van der Waals surface area contributed by atoms with Gasteiger partial charge in [0.1, 0.15) is 0 Å². The van der Waals surface area contributed by atoms with Crippen LogP contribution in [0, 0.1) is 0 Å². The molecular formula is C20H17N3O4S. The molecule has 142 valence electrons. The van der Waals surface area contributed by atoms with Crippen LogP contribution in [0.15, 0.2) is 84.0 Å². The molecule has 0 unspecified atom stereocenters. The van der Waals surface area contributed by atoms with Crippen LogP contribution in [0.1, 0.15) is 20.7 Å². The number of sulfonamides is 1. The van der Waals surface area contributed by atoms with Gasteiger partial charge in [-0.05, 0) is 36.4 Å². The lowest BCUT2D eigenvalue weighted by Gasteiger charge is -2.08. The van der Waals surface area contributed by atoms with Gasteiger partial charge in [-0.25, -0.2) is 13.1 Å². The molecular weight excluding hydrogens is 378 g/mol. The van der Waals surface area contributed by atoms with E-state index in [1.165, 1.54) is 30.5 Å². The number of carbonyl (C=O) groups is 2. The molecule has 0 radical (unpaired) electrons. The summed E-state index contributed by atoms with van der Waals surface area (Å²) in [6.45, 7) is -0.341. The Morgan fingerprint density at radius 2 is 1.54 bits per heavy atom. The number of aromatic nitrogens is 1. The predicted molar refractivity (Wildman–Crippen MR) is 105 cm³/mol. The third-order valence-corrected chi connectivity index (χ3v) is 5.28. The lowest BCUT2D eigenvalue weighted by molar-refractivity contribution is 0.0994. The molecule has 0 aliphatic carbocycles. The number of hydrogen-bond donors (Lipinski definition) is 2. The Morgan fingerprint density at radius 1 is 0.857 bits per heavy atom. The summed E-state index contributed by atoms with van der Waals surface area (Å²) in [7, 11) is -3.85. The molecule has 0 saturated carbocycles. The molecule has 0 bridgehead atoms. The molecule has 28 heavy (non-hydrogen) atoms. The lowest BCUT2D eigenvalue weighted by atomic mass is 10.1. The van der Waals surface area contributed by atoms with Gasteiger partial charge in [-0.3, -0.25) is 14.6 Å². The summed E-state index contributed by atoms with van der Waals surface area (Å²) in [5.41, 5.74) is 1.26. The van der Waals surface area contributed by atoms with Crippen LogP contribution in [0.3, 0.4) is 0 Å². The summed E-state index contributed by atoms with van der Waals surface area (Å²) in [6, 6.07) is 17.4. The first-order valence-corrected chi connectivity index (χ1v) is 9.83. The van der Waals surface area contributed by atoms with E-state index in [-0.39, 0.29) is 23.1 Å². The van der Waals surface area contributed by atoms with Crippen LogP contribution in [0.2, 0.25) is 0 Å². The minimum atomic E-state index is -3.85. The Morgan fingerprint density at radius 3 is 2.18 bits per heavy atom. The highest BCUT2D eigenvalue weighted by Crippen LogP contribution is 2.15. The first-order chi connectivity index (χ1) is 13.5. The Bertz CT molecular complexity index is 1070. The van der Waals surface area contributed by atoms with Crippen molar-refractivity contribution in [3.8, 4) is 0 Å². The van der Waals surface area contributed by atoms with Gasteiger partial charge in [0.05, 0.1) is 17.0 Å². The summed E-state index contributed by atoms with van der Waals surface area (Å²) in [5, 5.41) is 2.66. The van der Waals surface area contributed by atoms with Crippen molar-refractivity contribution in [3.63, 3.8) is 0 Å². The number of ketones is 1. The molecule has 1 amide bonds. The van der Waals surface area contributed by atoms with Gasteiger partial charge >= 0.3 is 0 Å². The van der Waals surface area contributed by atoms with Gasteiger partial charge in [-0.1, -0.05) is 30.3 Å². The number of pyridine rings is 1. The van der Waals surface area contributed by atoms with Crippen molar-refractivity contribution in [1.29, 1.82) is 0 Å². The Balaban J connectivity index is 1.63. The third-order valence-electron chi connectivity index (χ3n) is 3.86. The smallest absolute Gasteiger partial charge is 0.257 e. The molecule has 0 aliphatic rings. The zero-order chi connectivity index (χ0) is 20.0. The van der Waals surface area contributed by atoms with Crippen LogP contribution in [-0.2, 0) is 10.0 Å². The fourth-order valence-electron chi connectivity index (χ4n) is 2.39. The van der Waals surface area contributed by atoms with E-state index >= 15 is 0 Å². The van der Waals surface area contributed by atoms with E-state index in [2.05, 4.69) is 15.0 Å². The first kappa shape index (κ1) is 19.4. The van der Waals surface area contributed by atoms with E-state index in [1.54, 1.807) is 48.7 Å². The van der Waals surface area contributed by atoms with Crippen molar-refractivity contribution in [2.45, 2.75) is 4.90 Å². The molecule has 2 aromatic carbocycles. The minimum Gasteiger partial charge on any atom is -0.322 e. The van der Waals surface area contributed by atoms with Gasteiger partial charge in [-0.2, -0.15) is 0 Å². The van der Waals surface area contributed by atoms with Gasteiger partial charge in [0.25, 0.3) is 5.91 Å². The monoisotopic (exact) mass is 395 g/mol. The lowest BCUT2D eigenvalue weighted by Crippen LogP contribution is -2.29. The van der Waals surface area contributed by atoms with Crippen LogP contribution in [-0.4, -0.2) is 31.6 Å². The third kappa shape index (κ3) is 4.87. The number of nitrogens with one attached hydrogen (secondary N) is 2. The number of rotatable bonds is 7. The molecule has 0 aliphatic heterocycles. The number of carbonyl (C=O) groups excluding carboxylic acids is 2. The standard InChI is InChI=1S/C20H17N3O4S/c24-19(15-5-2-1-3-6-15)14-22-28(26,27)18-10-8-17(9-11-18)23-20(25)16-7-4-12-21-13-16/h1-13,22H,14H2,(H,23,25). The van der Waals surface area contributed by atoms with E-state index in [1.807, 2.05) is 0 Å². The largest absolute Gasteiger partial charge is 0.322 e. The highest BCUT2D eigenvalue weighted by Gasteiger charge is 2.16.